The minimum absolute atomic E-state index is 0.208. The highest BCUT2D eigenvalue weighted by Crippen LogP contribution is 2.23. The highest BCUT2D eigenvalue weighted by molar-refractivity contribution is 7.13. The van der Waals surface area contributed by atoms with Crippen LogP contribution in [0.1, 0.15) is 5.89 Å². The Kier molecular flexibility index (Phi) is 5.59. The van der Waals surface area contributed by atoms with E-state index in [0.29, 0.717) is 51.2 Å². The smallest absolute Gasteiger partial charge is 0.257 e. The number of hydrogen-bond acceptors (Lipinski definition) is 8. The van der Waals surface area contributed by atoms with Crippen LogP contribution < -0.4 is 0 Å². The van der Waals surface area contributed by atoms with E-state index in [9.17, 15) is 4.79 Å². The van der Waals surface area contributed by atoms with Gasteiger partial charge in [0.25, 0.3) is 5.89 Å². The van der Waals surface area contributed by atoms with Gasteiger partial charge in [0, 0.05) is 39.3 Å². The fourth-order valence-corrected chi connectivity index (χ4v) is 3.86. The number of hydrogen-bond donors (Lipinski definition) is 0. The monoisotopic (exact) mass is 377 g/mol. The zero-order valence-corrected chi connectivity index (χ0v) is 15.5. The van der Waals surface area contributed by atoms with Gasteiger partial charge in [0.2, 0.25) is 11.8 Å². The third-order valence-corrected chi connectivity index (χ3v) is 5.60. The van der Waals surface area contributed by atoms with Crippen molar-refractivity contribution >= 4 is 17.2 Å². The Morgan fingerprint density at radius 2 is 1.85 bits per heavy atom. The largest absolute Gasteiger partial charge is 0.419 e. The summed E-state index contributed by atoms with van der Waals surface area (Å²) in [5.41, 5.74) is 0. The third kappa shape index (κ3) is 4.29. The molecule has 0 radical (unpaired) electrons. The maximum absolute atomic E-state index is 12.3. The van der Waals surface area contributed by atoms with Gasteiger partial charge in [-0.3, -0.25) is 14.6 Å². The van der Waals surface area contributed by atoms with Crippen molar-refractivity contribution in [3.8, 4) is 10.8 Å². The second-order valence-corrected chi connectivity index (χ2v) is 7.47. The molecule has 8 nitrogen and oxygen atoms in total. The number of rotatable bonds is 5. The molecule has 0 bridgehead atoms. The number of nitrogens with zero attached hydrogens (tertiary/aromatic N) is 5. The maximum atomic E-state index is 12.3. The number of carbonyl (C=O) groups excluding carboxylic acids is 1. The number of aromatic nitrogens is 2. The molecule has 0 atom stereocenters. The number of amides is 1. The fourth-order valence-electron chi connectivity index (χ4n) is 3.22. The summed E-state index contributed by atoms with van der Waals surface area (Å²) in [7, 11) is 0. The lowest BCUT2D eigenvalue weighted by Crippen LogP contribution is -2.51. The fraction of sp³-hybridized carbons (Fsp3) is 0.588. The molecule has 26 heavy (non-hydrogen) atoms. The van der Waals surface area contributed by atoms with Crippen molar-refractivity contribution in [3.05, 3.63) is 23.4 Å². The second kappa shape index (κ2) is 8.26. The summed E-state index contributed by atoms with van der Waals surface area (Å²) >= 11 is 1.59. The molecule has 2 aromatic heterocycles. The Bertz CT molecular complexity index is 706. The molecule has 2 aliphatic heterocycles. The minimum Gasteiger partial charge on any atom is -0.419 e. The van der Waals surface area contributed by atoms with Crippen LogP contribution in [0.25, 0.3) is 10.8 Å². The van der Waals surface area contributed by atoms with Gasteiger partial charge in [-0.05, 0) is 11.4 Å². The molecule has 140 valence electrons. The lowest BCUT2D eigenvalue weighted by molar-refractivity contribution is -0.136. The van der Waals surface area contributed by atoms with Gasteiger partial charge in [-0.15, -0.1) is 21.5 Å². The van der Waals surface area contributed by atoms with Crippen molar-refractivity contribution in [3.63, 3.8) is 0 Å². The highest BCUT2D eigenvalue weighted by atomic mass is 32.1. The van der Waals surface area contributed by atoms with Crippen molar-refractivity contribution in [2.75, 3.05) is 59.0 Å². The quantitative estimate of drug-likeness (QED) is 0.762. The molecule has 2 aliphatic rings. The lowest BCUT2D eigenvalue weighted by Gasteiger charge is -2.35. The van der Waals surface area contributed by atoms with Crippen LogP contribution in [0.5, 0.6) is 0 Å². The van der Waals surface area contributed by atoms with Crippen LogP contribution in [0, 0.1) is 0 Å². The first-order chi connectivity index (χ1) is 12.8. The first-order valence-corrected chi connectivity index (χ1v) is 9.82. The van der Waals surface area contributed by atoms with Gasteiger partial charge in [-0.25, -0.2) is 0 Å². The van der Waals surface area contributed by atoms with E-state index >= 15 is 0 Å². The second-order valence-electron chi connectivity index (χ2n) is 6.52. The summed E-state index contributed by atoms with van der Waals surface area (Å²) < 4.78 is 11.1. The molecule has 2 fully saturated rings. The highest BCUT2D eigenvalue weighted by Gasteiger charge is 2.24. The number of ether oxygens (including phenoxy) is 1. The summed E-state index contributed by atoms with van der Waals surface area (Å²) in [4.78, 5) is 19.8. The van der Waals surface area contributed by atoms with E-state index in [-0.39, 0.29) is 5.91 Å². The van der Waals surface area contributed by atoms with E-state index in [1.807, 2.05) is 22.4 Å². The Morgan fingerprint density at radius 1 is 1.08 bits per heavy atom. The van der Waals surface area contributed by atoms with Crippen LogP contribution in [-0.2, 0) is 16.1 Å². The summed E-state index contributed by atoms with van der Waals surface area (Å²) in [6.45, 7) is 7.42. The summed E-state index contributed by atoms with van der Waals surface area (Å²) in [6, 6.07) is 3.95. The predicted molar refractivity (Wildman–Crippen MR) is 96.7 cm³/mol. The van der Waals surface area contributed by atoms with Gasteiger partial charge in [0.05, 0.1) is 31.2 Å². The van der Waals surface area contributed by atoms with Gasteiger partial charge in [-0.1, -0.05) is 6.07 Å². The molecule has 4 rings (SSSR count). The molecule has 0 saturated carbocycles. The Balaban J connectivity index is 1.23. The van der Waals surface area contributed by atoms with Crippen molar-refractivity contribution in [2.45, 2.75) is 6.54 Å². The van der Waals surface area contributed by atoms with Crippen molar-refractivity contribution in [1.82, 2.24) is 24.9 Å². The van der Waals surface area contributed by atoms with Crippen LogP contribution in [0.15, 0.2) is 21.9 Å². The van der Waals surface area contributed by atoms with E-state index in [4.69, 9.17) is 9.15 Å². The van der Waals surface area contributed by atoms with E-state index in [1.54, 1.807) is 11.3 Å². The molecule has 0 unspecified atom stereocenters. The number of piperazine rings is 1. The topological polar surface area (TPSA) is 74.9 Å². The SMILES string of the molecule is O=C(CN1CCN(Cc2nnc(-c3cccs3)o2)CC1)N1CCOCC1. The number of morpholine rings is 1. The normalized spacial score (nSPS) is 19.8. The van der Waals surface area contributed by atoms with Gasteiger partial charge < -0.3 is 14.1 Å². The number of carbonyl (C=O) groups is 1. The van der Waals surface area contributed by atoms with Crippen LogP contribution >= 0.6 is 11.3 Å². The maximum Gasteiger partial charge on any atom is 0.257 e. The number of thiophene rings is 1. The van der Waals surface area contributed by atoms with E-state index in [2.05, 4.69) is 20.0 Å². The molecular formula is C17H23N5O3S. The van der Waals surface area contributed by atoms with E-state index in [1.165, 1.54) is 0 Å². The van der Waals surface area contributed by atoms with Gasteiger partial charge in [0.1, 0.15) is 0 Å². The molecule has 2 saturated heterocycles. The average Bonchev–Trinajstić information content (AvgIpc) is 3.36. The van der Waals surface area contributed by atoms with Gasteiger partial charge >= 0.3 is 0 Å². The summed E-state index contributed by atoms with van der Waals surface area (Å²) in [5.74, 6) is 1.44. The average molecular weight is 377 g/mol. The van der Waals surface area contributed by atoms with Crippen LogP contribution in [0.4, 0.5) is 0 Å². The van der Waals surface area contributed by atoms with Crippen LogP contribution in [0.3, 0.4) is 0 Å². The zero-order valence-electron chi connectivity index (χ0n) is 14.7. The molecule has 1 amide bonds. The third-order valence-electron chi connectivity index (χ3n) is 4.75. The molecule has 2 aromatic rings. The zero-order chi connectivity index (χ0) is 17.8. The first kappa shape index (κ1) is 17.6. The van der Waals surface area contributed by atoms with E-state index < -0.39 is 0 Å². The molecule has 0 spiro atoms. The molecule has 9 heteroatoms. The van der Waals surface area contributed by atoms with Gasteiger partial charge in [0.15, 0.2) is 0 Å². The summed E-state index contributed by atoms with van der Waals surface area (Å²) in [6.07, 6.45) is 0. The van der Waals surface area contributed by atoms with Crippen molar-refractivity contribution in [1.29, 1.82) is 0 Å². The minimum atomic E-state index is 0.208. The Morgan fingerprint density at radius 3 is 2.58 bits per heavy atom. The van der Waals surface area contributed by atoms with Crippen LogP contribution in [-0.4, -0.2) is 89.8 Å². The van der Waals surface area contributed by atoms with E-state index in [0.717, 1.165) is 31.1 Å². The van der Waals surface area contributed by atoms with Crippen LogP contribution in [0.2, 0.25) is 0 Å². The van der Waals surface area contributed by atoms with Crippen molar-refractivity contribution in [2.24, 2.45) is 0 Å². The van der Waals surface area contributed by atoms with Crippen molar-refractivity contribution < 1.29 is 13.9 Å². The molecular weight excluding hydrogens is 354 g/mol. The van der Waals surface area contributed by atoms with Gasteiger partial charge in [-0.2, -0.15) is 0 Å². The first-order valence-electron chi connectivity index (χ1n) is 8.94. The lowest BCUT2D eigenvalue weighted by atomic mass is 10.3. The molecule has 0 N–H and O–H groups in total. The summed E-state index contributed by atoms with van der Waals surface area (Å²) in [5, 5.41) is 10.3. The molecule has 0 aliphatic carbocycles. The molecule has 4 heterocycles. The standard InChI is InChI=1S/C17H23N5O3S/c23-16(22-7-9-24-10-8-22)13-21-5-3-20(4-6-21)12-15-18-19-17(25-15)14-2-1-11-26-14/h1-2,11H,3-10,12-13H2. The molecule has 0 aromatic carbocycles. The Labute approximate surface area is 156 Å². The predicted octanol–water partition coefficient (Wildman–Crippen LogP) is 0.774. The Hall–Kier alpha value is -1.81.